The summed E-state index contributed by atoms with van der Waals surface area (Å²) in [7, 11) is 1.21. The molecular formula is C13H13F3O2. The van der Waals surface area contributed by atoms with Gasteiger partial charge in [0.15, 0.2) is 0 Å². The normalized spacial score (nSPS) is 11.8. The van der Waals surface area contributed by atoms with Crippen molar-refractivity contribution in [2.45, 2.75) is 19.5 Å². The Hall–Kier alpha value is -1.78. The van der Waals surface area contributed by atoms with Gasteiger partial charge in [-0.15, -0.1) is 0 Å². The van der Waals surface area contributed by atoms with Gasteiger partial charge < -0.3 is 4.74 Å². The molecule has 0 aliphatic heterocycles. The molecule has 98 valence electrons. The van der Waals surface area contributed by atoms with Crippen LogP contribution in [0.2, 0.25) is 0 Å². The molecule has 0 atom stereocenters. The molecule has 0 heterocycles. The monoisotopic (exact) mass is 258 g/mol. The molecule has 0 saturated carbocycles. The third-order valence-corrected chi connectivity index (χ3v) is 2.39. The zero-order valence-electron chi connectivity index (χ0n) is 10.0. The molecule has 0 unspecified atom stereocenters. The average Bonchev–Trinajstić information content (AvgIpc) is 2.25. The summed E-state index contributed by atoms with van der Waals surface area (Å²) in [6.45, 7) is 1.69. The Morgan fingerprint density at radius 3 is 2.61 bits per heavy atom. The highest BCUT2D eigenvalue weighted by Crippen LogP contribution is 2.25. The van der Waals surface area contributed by atoms with Crippen LogP contribution in [0, 0.1) is 6.92 Å². The van der Waals surface area contributed by atoms with Crippen molar-refractivity contribution in [2.75, 3.05) is 7.11 Å². The number of benzene rings is 1. The SMILES string of the molecule is COC(=O)/C=C/c1c(C)cccc1CC(F)(F)F. The van der Waals surface area contributed by atoms with Crippen molar-refractivity contribution in [3.63, 3.8) is 0 Å². The van der Waals surface area contributed by atoms with E-state index in [0.717, 1.165) is 6.08 Å². The van der Waals surface area contributed by atoms with Crippen LogP contribution in [-0.2, 0) is 16.0 Å². The van der Waals surface area contributed by atoms with E-state index in [-0.39, 0.29) is 5.56 Å². The second kappa shape index (κ2) is 5.71. The Kier molecular flexibility index (Phi) is 4.53. The van der Waals surface area contributed by atoms with E-state index >= 15 is 0 Å². The summed E-state index contributed by atoms with van der Waals surface area (Å²) in [5, 5.41) is 0. The van der Waals surface area contributed by atoms with Gasteiger partial charge in [-0.25, -0.2) is 4.79 Å². The molecule has 1 aromatic rings. The summed E-state index contributed by atoms with van der Waals surface area (Å²) in [6.07, 6.45) is -2.83. The lowest BCUT2D eigenvalue weighted by atomic mass is 9.99. The first kappa shape index (κ1) is 14.3. The zero-order chi connectivity index (χ0) is 13.8. The smallest absolute Gasteiger partial charge is 0.393 e. The maximum Gasteiger partial charge on any atom is 0.393 e. The molecule has 0 fully saturated rings. The van der Waals surface area contributed by atoms with Gasteiger partial charge in [0.05, 0.1) is 13.5 Å². The van der Waals surface area contributed by atoms with Crippen LogP contribution in [-0.4, -0.2) is 19.3 Å². The number of hydrogen-bond donors (Lipinski definition) is 0. The maximum atomic E-state index is 12.4. The number of aryl methyl sites for hydroxylation is 1. The first-order valence-corrected chi connectivity index (χ1v) is 5.25. The van der Waals surface area contributed by atoms with E-state index in [4.69, 9.17) is 0 Å². The first-order chi connectivity index (χ1) is 8.33. The molecule has 0 N–H and O–H groups in total. The van der Waals surface area contributed by atoms with Gasteiger partial charge in [-0.05, 0) is 29.7 Å². The molecule has 2 nitrogen and oxygen atoms in total. The molecule has 0 radical (unpaired) electrons. The minimum Gasteiger partial charge on any atom is -0.466 e. The molecule has 1 aromatic carbocycles. The lowest BCUT2D eigenvalue weighted by Crippen LogP contribution is -2.12. The fourth-order valence-corrected chi connectivity index (χ4v) is 1.57. The van der Waals surface area contributed by atoms with Crippen LogP contribution in [0.1, 0.15) is 16.7 Å². The predicted molar refractivity (Wildman–Crippen MR) is 62.0 cm³/mol. The van der Waals surface area contributed by atoms with Crippen LogP contribution in [0.4, 0.5) is 13.2 Å². The van der Waals surface area contributed by atoms with Gasteiger partial charge in [0.2, 0.25) is 0 Å². The third kappa shape index (κ3) is 4.24. The second-order valence-corrected chi connectivity index (χ2v) is 3.80. The molecule has 0 saturated heterocycles. The van der Waals surface area contributed by atoms with Gasteiger partial charge in [0.1, 0.15) is 0 Å². The number of hydrogen-bond acceptors (Lipinski definition) is 2. The van der Waals surface area contributed by atoms with E-state index in [1.807, 2.05) is 0 Å². The van der Waals surface area contributed by atoms with Crippen LogP contribution in [0.15, 0.2) is 24.3 Å². The Balaban J connectivity index is 3.08. The van der Waals surface area contributed by atoms with Gasteiger partial charge in [-0.2, -0.15) is 13.2 Å². The summed E-state index contributed by atoms with van der Waals surface area (Å²) in [5.41, 5.74) is 1.22. The minimum atomic E-state index is -4.28. The molecule has 0 aromatic heterocycles. The van der Waals surface area contributed by atoms with E-state index < -0.39 is 18.6 Å². The van der Waals surface area contributed by atoms with Crippen molar-refractivity contribution in [1.82, 2.24) is 0 Å². The number of rotatable bonds is 3. The van der Waals surface area contributed by atoms with E-state index in [2.05, 4.69) is 4.74 Å². The Morgan fingerprint density at radius 1 is 1.39 bits per heavy atom. The number of esters is 1. The van der Waals surface area contributed by atoms with E-state index in [9.17, 15) is 18.0 Å². The first-order valence-electron chi connectivity index (χ1n) is 5.25. The number of ether oxygens (including phenoxy) is 1. The average molecular weight is 258 g/mol. The lowest BCUT2D eigenvalue weighted by molar-refractivity contribution is -0.134. The van der Waals surface area contributed by atoms with Gasteiger partial charge in [-0.1, -0.05) is 18.2 Å². The molecule has 5 heteroatoms. The number of carbonyl (C=O) groups is 1. The highest BCUT2D eigenvalue weighted by atomic mass is 19.4. The summed E-state index contributed by atoms with van der Waals surface area (Å²) < 4.78 is 41.6. The van der Waals surface area contributed by atoms with Crippen LogP contribution in [0.5, 0.6) is 0 Å². The van der Waals surface area contributed by atoms with Crippen molar-refractivity contribution < 1.29 is 22.7 Å². The van der Waals surface area contributed by atoms with E-state index in [1.54, 1.807) is 19.1 Å². The number of alkyl halides is 3. The van der Waals surface area contributed by atoms with Crippen LogP contribution in [0.25, 0.3) is 6.08 Å². The summed E-state index contributed by atoms with van der Waals surface area (Å²) in [4.78, 5) is 11.0. The summed E-state index contributed by atoms with van der Waals surface area (Å²) in [6, 6.07) is 4.65. The van der Waals surface area contributed by atoms with Crippen molar-refractivity contribution in [1.29, 1.82) is 0 Å². The largest absolute Gasteiger partial charge is 0.466 e. The van der Waals surface area contributed by atoms with Crippen LogP contribution >= 0.6 is 0 Å². The maximum absolute atomic E-state index is 12.4. The quantitative estimate of drug-likeness (QED) is 0.614. The van der Waals surface area contributed by atoms with Crippen molar-refractivity contribution in [3.05, 3.63) is 41.0 Å². The van der Waals surface area contributed by atoms with Gasteiger partial charge in [0.25, 0.3) is 0 Å². The number of halogens is 3. The molecule has 0 aliphatic rings. The molecular weight excluding hydrogens is 245 g/mol. The number of methoxy groups -OCH3 is 1. The van der Waals surface area contributed by atoms with E-state index in [0.29, 0.717) is 11.1 Å². The van der Waals surface area contributed by atoms with Gasteiger partial charge in [-0.3, -0.25) is 0 Å². The molecule has 1 rings (SSSR count). The highest BCUT2D eigenvalue weighted by molar-refractivity contribution is 5.87. The molecule has 0 aliphatic carbocycles. The fourth-order valence-electron chi connectivity index (χ4n) is 1.57. The zero-order valence-corrected chi connectivity index (χ0v) is 10.0. The summed E-state index contributed by atoms with van der Waals surface area (Å²) >= 11 is 0. The lowest BCUT2D eigenvalue weighted by Gasteiger charge is -2.11. The van der Waals surface area contributed by atoms with Gasteiger partial charge >= 0.3 is 12.1 Å². The number of carbonyl (C=O) groups excluding carboxylic acids is 1. The predicted octanol–water partition coefficient (Wildman–Crippen LogP) is 3.29. The molecule has 0 amide bonds. The van der Waals surface area contributed by atoms with Crippen molar-refractivity contribution >= 4 is 12.0 Å². The standard InChI is InChI=1S/C13H13F3O2/c1-9-4-3-5-10(8-13(14,15)16)11(9)6-7-12(17)18-2/h3-7H,8H2,1-2H3/b7-6+. The topological polar surface area (TPSA) is 26.3 Å². The van der Waals surface area contributed by atoms with Crippen LogP contribution < -0.4 is 0 Å². The van der Waals surface area contributed by atoms with Crippen molar-refractivity contribution in [3.8, 4) is 0 Å². The van der Waals surface area contributed by atoms with Crippen LogP contribution in [0.3, 0.4) is 0 Å². The Labute approximate surface area is 103 Å². The highest BCUT2D eigenvalue weighted by Gasteiger charge is 2.28. The summed E-state index contributed by atoms with van der Waals surface area (Å²) in [5.74, 6) is -0.601. The Bertz CT molecular complexity index is 462. The Morgan fingerprint density at radius 2 is 2.06 bits per heavy atom. The molecule has 18 heavy (non-hydrogen) atoms. The van der Waals surface area contributed by atoms with E-state index in [1.165, 1.54) is 19.3 Å². The molecule has 0 bridgehead atoms. The molecule has 0 spiro atoms. The fraction of sp³-hybridized carbons (Fsp3) is 0.308. The van der Waals surface area contributed by atoms with Gasteiger partial charge in [0, 0.05) is 6.08 Å². The second-order valence-electron chi connectivity index (χ2n) is 3.80. The minimum absolute atomic E-state index is 0.141. The van der Waals surface area contributed by atoms with Crippen molar-refractivity contribution in [2.24, 2.45) is 0 Å². The third-order valence-electron chi connectivity index (χ3n) is 2.39.